The molecule has 0 aromatic carbocycles. The van der Waals surface area contributed by atoms with E-state index in [0.717, 1.165) is 18.7 Å². The van der Waals surface area contributed by atoms with Crippen molar-refractivity contribution in [2.24, 2.45) is 12.0 Å². The van der Waals surface area contributed by atoms with Crippen molar-refractivity contribution in [3.8, 4) is 0 Å². The molecule has 0 fully saturated rings. The van der Waals surface area contributed by atoms with Crippen LogP contribution in [-0.2, 0) is 18.3 Å². The lowest BCUT2D eigenvalue weighted by Crippen LogP contribution is -2.43. The molecule has 7 nitrogen and oxygen atoms in total. The number of amides is 1. The highest BCUT2D eigenvalue weighted by atomic mass is 127. The number of hydrogen-bond acceptors (Lipinski definition) is 3. The highest BCUT2D eigenvalue weighted by Gasteiger charge is 2.14. The second-order valence-corrected chi connectivity index (χ2v) is 5.67. The molecule has 0 aliphatic heterocycles. The fraction of sp³-hybridized carbons (Fsp3) is 0.688. The first-order valence-electron chi connectivity index (χ1n) is 8.19. The van der Waals surface area contributed by atoms with Gasteiger partial charge in [0.25, 0.3) is 0 Å². The van der Waals surface area contributed by atoms with E-state index in [0.29, 0.717) is 12.5 Å². The Kier molecular flexibility index (Phi) is 10.7. The van der Waals surface area contributed by atoms with E-state index in [4.69, 9.17) is 0 Å². The molecule has 0 radical (unpaired) electrons. The van der Waals surface area contributed by atoms with Crippen molar-refractivity contribution >= 4 is 35.8 Å². The summed E-state index contributed by atoms with van der Waals surface area (Å²) in [5.74, 6) is 0.585. The van der Waals surface area contributed by atoms with E-state index in [2.05, 4.69) is 39.9 Å². The Morgan fingerprint density at radius 1 is 1.25 bits per heavy atom. The number of aromatic nitrogens is 2. The summed E-state index contributed by atoms with van der Waals surface area (Å²) in [6, 6.07) is 0.184. The number of nitrogens with zero attached hydrogens (tertiary/aromatic N) is 3. The molecule has 1 amide bonds. The van der Waals surface area contributed by atoms with Gasteiger partial charge in [-0.3, -0.25) is 9.48 Å². The van der Waals surface area contributed by atoms with Crippen LogP contribution in [0.5, 0.6) is 0 Å². The molecule has 0 bridgehead atoms. The number of halogens is 1. The van der Waals surface area contributed by atoms with Gasteiger partial charge in [-0.1, -0.05) is 0 Å². The van der Waals surface area contributed by atoms with Crippen molar-refractivity contribution in [3.63, 3.8) is 0 Å². The van der Waals surface area contributed by atoms with Crippen LogP contribution in [0.15, 0.2) is 4.99 Å². The molecule has 0 saturated carbocycles. The van der Waals surface area contributed by atoms with E-state index < -0.39 is 0 Å². The van der Waals surface area contributed by atoms with Gasteiger partial charge in [0.15, 0.2) is 5.96 Å². The van der Waals surface area contributed by atoms with E-state index in [1.165, 1.54) is 11.3 Å². The zero-order valence-electron chi connectivity index (χ0n) is 15.6. The van der Waals surface area contributed by atoms with E-state index in [1.807, 2.05) is 32.5 Å². The molecule has 0 spiro atoms. The Morgan fingerprint density at radius 2 is 1.88 bits per heavy atom. The highest BCUT2D eigenvalue weighted by Crippen LogP contribution is 2.14. The van der Waals surface area contributed by atoms with Crippen LogP contribution in [-0.4, -0.2) is 47.3 Å². The average Bonchev–Trinajstić information content (AvgIpc) is 2.72. The SMILES string of the molecule is CCNC(=O)CN=C(NCC)NC(C)Cc1c(C)nn(C)c1C.I. The summed E-state index contributed by atoms with van der Waals surface area (Å²) in [6.45, 7) is 11.6. The minimum absolute atomic E-state index is 0. The zero-order valence-corrected chi connectivity index (χ0v) is 17.9. The molecule has 1 rings (SSSR count). The van der Waals surface area contributed by atoms with Crippen LogP contribution in [0, 0.1) is 13.8 Å². The van der Waals surface area contributed by atoms with Crippen LogP contribution in [0.4, 0.5) is 0 Å². The Hall–Kier alpha value is -1.32. The second kappa shape index (κ2) is 11.3. The molecule has 0 aliphatic carbocycles. The summed E-state index contributed by atoms with van der Waals surface area (Å²) in [5, 5.41) is 13.7. The fourth-order valence-electron chi connectivity index (χ4n) is 2.43. The Balaban J connectivity index is 0.00000529. The maximum atomic E-state index is 11.5. The minimum atomic E-state index is -0.0729. The highest BCUT2D eigenvalue weighted by molar-refractivity contribution is 14.0. The molecule has 0 saturated heterocycles. The number of rotatable bonds is 7. The number of nitrogens with one attached hydrogen (secondary N) is 3. The summed E-state index contributed by atoms with van der Waals surface area (Å²) < 4.78 is 1.91. The number of hydrogen-bond donors (Lipinski definition) is 3. The minimum Gasteiger partial charge on any atom is -0.357 e. The van der Waals surface area contributed by atoms with Crippen molar-refractivity contribution in [1.82, 2.24) is 25.7 Å². The first kappa shape index (κ1) is 22.7. The fourth-order valence-corrected chi connectivity index (χ4v) is 2.43. The van der Waals surface area contributed by atoms with Crippen LogP contribution in [0.25, 0.3) is 0 Å². The first-order valence-corrected chi connectivity index (χ1v) is 8.19. The third-order valence-corrected chi connectivity index (χ3v) is 3.65. The summed E-state index contributed by atoms with van der Waals surface area (Å²) in [5.41, 5.74) is 3.50. The van der Waals surface area contributed by atoms with Gasteiger partial charge in [0, 0.05) is 31.9 Å². The number of aliphatic imine (C=N–C) groups is 1. The van der Waals surface area contributed by atoms with Gasteiger partial charge in [-0.05, 0) is 46.6 Å². The number of likely N-dealkylation sites (N-methyl/N-ethyl adjacent to an activating group) is 1. The van der Waals surface area contributed by atoms with Crippen molar-refractivity contribution in [2.45, 2.75) is 47.1 Å². The summed E-state index contributed by atoms with van der Waals surface area (Å²) in [7, 11) is 1.96. The van der Waals surface area contributed by atoms with Gasteiger partial charge in [0.1, 0.15) is 6.54 Å². The predicted octanol–water partition coefficient (Wildman–Crippen LogP) is 1.28. The van der Waals surface area contributed by atoms with Gasteiger partial charge in [-0.25, -0.2) is 4.99 Å². The van der Waals surface area contributed by atoms with Gasteiger partial charge in [0.05, 0.1) is 5.69 Å². The Morgan fingerprint density at radius 3 is 2.38 bits per heavy atom. The normalized spacial score (nSPS) is 12.3. The van der Waals surface area contributed by atoms with Crippen LogP contribution < -0.4 is 16.0 Å². The molecule has 1 aromatic heterocycles. The van der Waals surface area contributed by atoms with Crippen LogP contribution in [0.2, 0.25) is 0 Å². The molecule has 1 unspecified atom stereocenters. The van der Waals surface area contributed by atoms with Gasteiger partial charge in [-0.2, -0.15) is 5.10 Å². The maximum Gasteiger partial charge on any atom is 0.241 e. The van der Waals surface area contributed by atoms with Gasteiger partial charge in [0.2, 0.25) is 5.91 Å². The summed E-state index contributed by atoms with van der Waals surface area (Å²) >= 11 is 0. The van der Waals surface area contributed by atoms with Gasteiger partial charge < -0.3 is 16.0 Å². The third-order valence-electron chi connectivity index (χ3n) is 3.65. The lowest BCUT2D eigenvalue weighted by molar-refractivity contribution is -0.119. The molecule has 1 atom stereocenters. The van der Waals surface area contributed by atoms with E-state index in [9.17, 15) is 4.79 Å². The number of carbonyl (C=O) groups is 1. The molecule has 0 aliphatic rings. The standard InChI is InChI=1S/C16H30N6O.HI/c1-7-17-15(23)10-19-16(18-8-2)20-11(3)9-14-12(4)21-22(6)13(14)5;/h11H,7-10H2,1-6H3,(H,17,23)(H2,18,19,20);1H. The quantitative estimate of drug-likeness (QED) is 0.332. The number of carbonyl (C=O) groups excluding carboxylic acids is 1. The Labute approximate surface area is 162 Å². The maximum absolute atomic E-state index is 11.5. The van der Waals surface area contributed by atoms with E-state index >= 15 is 0 Å². The van der Waals surface area contributed by atoms with Crippen LogP contribution >= 0.6 is 24.0 Å². The number of guanidine groups is 1. The number of aryl methyl sites for hydroxylation is 2. The molecule has 24 heavy (non-hydrogen) atoms. The molecule has 8 heteroatoms. The molecule has 1 heterocycles. The van der Waals surface area contributed by atoms with Crippen LogP contribution in [0.1, 0.15) is 37.7 Å². The molecule has 1 aromatic rings. The lowest BCUT2D eigenvalue weighted by atomic mass is 10.1. The smallest absolute Gasteiger partial charge is 0.241 e. The van der Waals surface area contributed by atoms with E-state index in [-0.39, 0.29) is 42.5 Å². The molecular weight excluding hydrogens is 419 g/mol. The van der Waals surface area contributed by atoms with Crippen molar-refractivity contribution in [3.05, 3.63) is 17.0 Å². The molecule has 138 valence electrons. The van der Waals surface area contributed by atoms with Crippen molar-refractivity contribution in [2.75, 3.05) is 19.6 Å². The Bertz CT molecular complexity index is 555. The largest absolute Gasteiger partial charge is 0.357 e. The van der Waals surface area contributed by atoms with Gasteiger partial charge in [-0.15, -0.1) is 24.0 Å². The first-order chi connectivity index (χ1) is 10.9. The van der Waals surface area contributed by atoms with E-state index in [1.54, 1.807) is 0 Å². The van der Waals surface area contributed by atoms with Crippen molar-refractivity contribution < 1.29 is 4.79 Å². The third kappa shape index (κ3) is 7.06. The summed E-state index contributed by atoms with van der Waals surface area (Å²) in [4.78, 5) is 15.9. The lowest BCUT2D eigenvalue weighted by Gasteiger charge is -2.18. The topological polar surface area (TPSA) is 83.3 Å². The van der Waals surface area contributed by atoms with Gasteiger partial charge >= 0.3 is 0 Å². The van der Waals surface area contributed by atoms with Crippen LogP contribution in [0.3, 0.4) is 0 Å². The molecular formula is C16H31IN6O. The summed E-state index contributed by atoms with van der Waals surface area (Å²) in [6.07, 6.45) is 0.858. The molecule has 3 N–H and O–H groups in total. The van der Waals surface area contributed by atoms with Crippen molar-refractivity contribution in [1.29, 1.82) is 0 Å². The zero-order chi connectivity index (χ0) is 17.4. The average molecular weight is 450 g/mol. The predicted molar refractivity (Wildman–Crippen MR) is 109 cm³/mol. The second-order valence-electron chi connectivity index (χ2n) is 5.67. The monoisotopic (exact) mass is 450 g/mol.